The average Bonchev–Trinajstić information content (AvgIpc) is 4.15. The molecule has 0 spiro atoms. The van der Waals surface area contributed by atoms with Gasteiger partial charge in [-0.15, -0.1) is 10.2 Å². The summed E-state index contributed by atoms with van der Waals surface area (Å²) >= 11 is 12.6. The van der Waals surface area contributed by atoms with E-state index in [1.807, 2.05) is 45.0 Å². The Morgan fingerprint density at radius 3 is 1.64 bits per heavy atom. The average molecular weight is 922 g/mol. The van der Waals surface area contributed by atoms with Crippen LogP contribution in [0, 0.1) is 0 Å². The third kappa shape index (κ3) is 7.52. The molecule has 4 aromatic heterocycles. The molecule has 0 radical (unpaired) electrons. The topological polar surface area (TPSA) is 237 Å². The molecule has 0 amide bonds. The number of aryl methyl sites for hydroxylation is 2. The summed E-state index contributed by atoms with van der Waals surface area (Å²) in [6.07, 6.45) is -2.78. The summed E-state index contributed by atoms with van der Waals surface area (Å²) in [4.78, 5) is 21.7. The summed E-state index contributed by atoms with van der Waals surface area (Å²) in [5, 5.41) is 56.7. The molecule has 11 rings (SSSR count). The van der Waals surface area contributed by atoms with Gasteiger partial charge in [0.2, 0.25) is 10.6 Å². The third-order valence-electron chi connectivity index (χ3n) is 12.7. The third-order valence-corrected chi connectivity index (χ3v) is 13.0. The van der Waals surface area contributed by atoms with Gasteiger partial charge in [-0.1, -0.05) is 66.4 Å². The van der Waals surface area contributed by atoms with Crippen molar-refractivity contribution < 1.29 is 39.4 Å². The Morgan fingerprint density at radius 2 is 1.14 bits per heavy atom. The zero-order valence-corrected chi connectivity index (χ0v) is 36.2. The fourth-order valence-electron chi connectivity index (χ4n) is 9.67. The maximum Gasteiger partial charge on any atom is 0.226 e. The molecule has 2 aliphatic carbocycles. The van der Waals surface area contributed by atoms with Crippen LogP contribution in [0.3, 0.4) is 0 Å². The molecular formula is C42H50Cl2N12O8. The van der Waals surface area contributed by atoms with Gasteiger partial charge in [-0.25, -0.2) is 0 Å². The lowest BCUT2D eigenvalue weighted by Crippen LogP contribution is -2.33. The number of hydrogen-bond donors (Lipinski definition) is 4. The van der Waals surface area contributed by atoms with Gasteiger partial charge in [0, 0.05) is 14.1 Å². The molecule has 20 nitrogen and oxygen atoms in total. The van der Waals surface area contributed by atoms with Crippen LogP contribution in [-0.4, -0.2) is 140 Å². The van der Waals surface area contributed by atoms with Crippen LogP contribution in [0.4, 0.5) is 11.6 Å². The fraction of sp³-hybridized carbons (Fsp3) is 0.524. The minimum atomic E-state index is -1.30. The van der Waals surface area contributed by atoms with Crippen LogP contribution >= 0.6 is 23.2 Å². The molecule has 0 unspecified atom stereocenters. The zero-order chi connectivity index (χ0) is 43.9. The molecule has 10 atom stereocenters. The van der Waals surface area contributed by atoms with Crippen molar-refractivity contribution in [1.29, 1.82) is 0 Å². The van der Waals surface area contributed by atoms with Crippen molar-refractivity contribution in [3.05, 3.63) is 81.4 Å². The van der Waals surface area contributed by atoms with Crippen molar-refractivity contribution in [2.45, 2.75) is 114 Å². The predicted molar refractivity (Wildman–Crippen MR) is 233 cm³/mol. The van der Waals surface area contributed by atoms with Crippen LogP contribution in [0.5, 0.6) is 0 Å². The van der Waals surface area contributed by atoms with Crippen LogP contribution in [0.2, 0.25) is 10.6 Å². The highest BCUT2D eigenvalue weighted by atomic mass is 35.5. The minimum absolute atomic E-state index is 0. The van der Waals surface area contributed by atoms with E-state index in [0.717, 1.165) is 25.7 Å². The van der Waals surface area contributed by atoms with Crippen LogP contribution in [0.15, 0.2) is 48.5 Å². The van der Waals surface area contributed by atoms with Gasteiger partial charge in [0.1, 0.15) is 36.6 Å². The number of aromatic nitrogens is 10. The molecule has 4 N–H and O–H groups in total. The zero-order valence-electron chi connectivity index (χ0n) is 34.7. The first-order valence-corrected chi connectivity index (χ1v) is 21.5. The maximum absolute atomic E-state index is 10.4. The van der Waals surface area contributed by atoms with Crippen LogP contribution in [0.25, 0.3) is 22.3 Å². The molecule has 7 heterocycles. The maximum atomic E-state index is 10.4. The first kappa shape index (κ1) is 44.5. The van der Waals surface area contributed by atoms with Crippen molar-refractivity contribution in [3.63, 3.8) is 0 Å². The first-order valence-electron chi connectivity index (χ1n) is 20.8. The van der Waals surface area contributed by atoms with Crippen molar-refractivity contribution in [2.24, 2.45) is 0 Å². The summed E-state index contributed by atoms with van der Waals surface area (Å²) in [6.45, 7) is 3.03. The van der Waals surface area contributed by atoms with Gasteiger partial charge in [0.05, 0.1) is 25.3 Å². The smallest absolute Gasteiger partial charge is 0.226 e. The van der Waals surface area contributed by atoms with Gasteiger partial charge in [-0.3, -0.25) is 0 Å². The number of aliphatic hydroxyl groups is 4. The summed E-state index contributed by atoms with van der Waals surface area (Å²) < 4.78 is 26.5. The Kier molecular flexibility index (Phi) is 12.0. The quantitative estimate of drug-likeness (QED) is 0.159. The summed E-state index contributed by atoms with van der Waals surface area (Å²) in [6, 6.07) is 17.0. The number of hydrogen-bond acceptors (Lipinski definition) is 18. The molecule has 0 bridgehead atoms. The number of benzene rings is 2. The van der Waals surface area contributed by atoms with E-state index in [2.05, 4.69) is 81.9 Å². The van der Waals surface area contributed by atoms with Gasteiger partial charge >= 0.3 is 0 Å². The Balaban J connectivity index is 0.000000160. The molecule has 5 aliphatic rings. The predicted octanol–water partition coefficient (Wildman–Crippen LogP) is 3.65. The van der Waals surface area contributed by atoms with E-state index in [-0.39, 0.29) is 42.3 Å². The van der Waals surface area contributed by atoms with E-state index in [0.29, 0.717) is 28.3 Å². The number of nitrogens with zero attached hydrogens (tertiary/aromatic N) is 12. The lowest BCUT2D eigenvalue weighted by molar-refractivity contribution is -0.201. The lowest BCUT2D eigenvalue weighted by Gasteiger charge is -2.26. The molecule has 22 heteroatoms. The second-order valence-corrected chi connectivity index (χ2v) is 17.5. The van der Waals surface area contributed by atoms with Gasteiger partial charge in [0.25, 0.3) is 0 Å². The number of fused-ring (bicyclic) bond motifs is 5. The van der Waals surface area contributed by atoms with E-state index in [4.69, 9.17) is 42.1 Å². The van der Waals surface area contributed by atoms with Crippen LogP contribution in [0.1, 0.15) is 80.9 Å². The van der Waals surface area contributed by atoms with E-state index in [1.165, 1.54) is 26.9 Å². The second kappa shape index (κ2) is 17.2. The SMILES string of the molecule is C.CN(c1nc(Cl)nc2c1nnn2[C@@H]1O[C@H](CO)[C@@H](O)[C@H]1O)[C@H]1CCc2ccccc21.CN(c1nc(Cl)nc2c1nnn2[C@@H]1O[C@H](CO)[C@H]2OC(C)(C)O[C@H]21)[C@H]1CCc2ccccc21. The number of aliphatic hydroxyl groups excluding tert-OH is 4. The monoisotopic (exact) mass is 920 g/mol. The van der Waals surface area contributed by atoms with E-state index in [9.17, 15) is 20.4 Å². The molecule has 2 aromatic carbocycles. The standard InChI is InChI=1S/C22H25ClN6O4.C19H21ClN6O4.CH4/c1-22(2)32-16-14(10-30)31-20(17(16)33-22)29-19-15(26-27-29)18(24-21(23)25-19)28(3)13-9-8-11-6-4-5-7-12(11)13;1-25(11-7-6-9-4-2-3-5-10(9)11)16-13-17(22-19(20)21-16)26(24-23-13)18-15(29)14(28)12(8-27)30-18;/h4-7,13-14,16-17,20,30H,8-10H2,1-3H3;2-5,11-12,14-15,18,27-29H,6-8H2,1H3;1H4/t13-,14+,16+,17+,20+;11-,12+,14+,15+,18+;/m00./s1. The normalized spacial score (nSPS) is 28.7. The Labute approximate surface area is 377 Å². The summed E-state index contributed by atoms with van der Waals surface area (Å²) in [5.41, 5.74) is 6.81. The van der Waals surface area contributed by atoms with Crippen LogP contribution < -0.4 is 9.80 Å². The van der Waals surface area contributed by atoms with Crippen molar-refractivity contribution in [1.82, 2.24) is 49.9 Å². The molecular weight excluding hydrogens is 871 g/mol. The Morgan fingerprint density at radius 1 is 0.672 bits per heavy atom. The van der Waals surface area contributed by atoms with Gasteiger partial charge < -0.3 is 49.2 Å². The van der Waals surface area contributed by atoms with E-state index >= 15 is 0 Å². The molecule has 0 saturated carbocycles. The molecule has 64 heavy (non-hydrogen) atoms. The van der Waals surface area contributed by atoms with Gasteiger partial charge in [-0.05, 0) is 85.0 Å². The van der Waals surface area contributed by atoms with Gasteiger partial charge in [0.15, 0.2) is 52.2 Å². The minimum Gasteiger partial charge on any atom is -0.394 e. The Bertz CT molecular complexity index is 2670. The van der Waals surface area contributed by atoms with E-state index < -0.39 is 61.5 Å². The Hall–Kier alpha value is -4.74. The highest BCUT2D eigenvalue weighted by Crippen LogP contribution is 2.45. The highest BCUT2D eigenvalue weighted by molar-refractivity contribution is 6.29. The molecule has 6 aromatic rings. The number of anilines is 2. The number of ether oxygens (including phenoxy) is 4. The molecule has 3 fully saturated rings. The van der Waals surface area contributed by atoms with Crippen LogP contribution in [-0.2, 0) is 31.8 Å². The first-order chi connectivity index (χ1) is 30.3. The van der Waals surface area contributed by atoms with E-state index in [1.54, 1.807) is 4.68 Å². The largest absolute Gasteiger partial charge is 0.394 e. The molecule has 340 valence electrons. The van der Waals surface area contributed by atoms with Crippen molar-refractivity contribution in [2.75, 3.05) is 37.1 Å². The molecule has 3 aliphatic heterocycles. The second-order valence-electron chi connectivity index (χ2n) is 16.8. The number of rotatable bonds is 8. The van der Waals surface area contributed by atoms with Crippen molar-refractivity contribution in [3.8, 4) is 0 Å². The highest BCUT2D eigenvalue weighted by Gasteiger charge is 2.56. The lowest BCUT2D eigenvalue weighted by atomic mass is 10.1. The fourth-order valence-corrected chi connectivity index (χ4v) is 9.99. The van der Waals surface area contributed by atoms with Crippen molar-refractivity contribution >= 4 is 57.2 Å². The summed E-state index contributed by atoms with van der Waals surface area (Å²) in [7, 11) is 3.92. The molecule has 3 saturated heterocycles. The van der Waals surface area contributed by atoms with Gasteiger partial charge in [-0.2, -0.15) is 29.3 Å². The summed E-state index contributed by atoms with van der Waals surface area (Å²) in [5.74, 6) is 0.328. The number of halogens is 2.